The Morgan fingerprint density at radius 1 is 1.47 bits per heavy atom. The van der Waals surface area contributed by atoms with Crippen molar-refractivity contribution in [3.63, 3.8) is 0 Å². The summed E-state index contributed by atoms with van der Waals surface area (Å²) in [6, 6.07) is 2.33. The van der Waals surface area contributed by atoms with Gasteiger partial charge in [-0.1, -0.05) is 29.8 Å². The smallest absolute Gasteiger partial charge is 0.218 e. The van der Waals surface area contributed by atoms with Crippen LogP contribution in [0.4, 0.5) is 0 Å². The summed E-state index contributed by atoms with van der Waals surface area (Å²) in [6.45, 7) is 1.84. The lowest BCUT2D eigenvalue weighted by Crippen LogP contribution is -2.34. The van der Waals surface area contributed by atoms with E-state index in [4.69, 9.17) is 16.3 Å². The maximum Gasteiger partial charge on any atom is 0.218 e. The van der Waals surface area contributed by atoms with E-state index in [1.807, 2.05) is 6.26 Å². The highest BCUT2D eigenvalue weighted by Crippen LogP contribution is 2.19. The second-order valence-electron chi connectivity index (χ2n) is 4.65. The van der Waals surface area contributed by atoms with Crippen LogP contribution < -0.4 is 10.1 Å². The monoisotopic (exact) mass is 301 g/mol. The number of halogens is 1. The van der Waals surface area contributed by atoms with Gasteiger partial charge in [-0.15, -0.1) is 0 Å². The molecule has 0 amide bonds. The van der Waals surface area contributed by atoms with Gasteiger partial charge in [-0.3, -0.25) is 0 Å². The summed E-state index contributed by atoms with van der Waals surface area (Å²) in [6.07, 6.45) is 8.06. The summed E-state index contributed by atoms with van der Waals surface area (Å²) in [5.74, 6) is 0.570. The molecule has 6 heteroatoms. The first-order valence-corrected chi connectivity index (χ1v) is 8.33. The van der Waals surface area contributed by atoms with Crippen LogP contribution >= 0.6 is 23.4 Å². The summed E-state index contributed by atoms with van der Waals surface area (Å²) in [5, 5.41) is 4.62. The van der Waals surface area contributed by atoms with Gasteiger partial charge in [0.15, 0.2) is 5.16 Å². The van der Waals surface area contributed by atoms with Crippen LogP contribution in [0.2, 0.25) is 5.15 Å². The molecule has 4 nitrogen and oxygen atoms in total. The molecule has 0 aliphatic carbocycles. The van der Waals surface area contributed by atoms with Crippen molar-refractivity contribution in [1.29, 1.82) is 0 Å². The van der Waals surface area contributed by atoms with Crippen LogP contribution in [0, 0.1) is 0 Å². The van der Waals surface area contributed by atoms with E-state index in [9.17, 15) is 0 Å². The van der Waals surface area contributed by atoms with Crippen molar-refractivity contribution in [2.75, 3.05) is 19.4 Å². The average Bonchev–Trinajstić information content (AvgIpc) is 2.44. The zero-order valence-electron chi connectivity index (χ0n) is 11.2. The third-order valence-corrected chi connectivity index (χ3v) is 3.93. The SMILES string of the molecule is CSc1nc(Cl)cc(OCCC[C@@H]2CCCCN2)n1. The van der Waals surface area contributed by atoms with Gasteiger partial charge >= 0.3 is 0 Å². The van der Waals surface area contributed by atoms with Crippen LogP contribution in [0.25, 0.3) is 0 Å². The minimum atomic E-state index is 0.434. The normalized spacial score (nSPS) is 19.4. The van der Waals surface area contributed by atoms with E-state index >= 15 is 0 Å². The molecule has 1 aromatic rings. The van der Waals surface area contributed by atoms with Gasteiger partial charge in [-0.2, -0.15) is 4.98 Å². The molecule has 1 saturated heterocycles. The van der Waals surface area contributed by atoms with Gasteiger partial charge in [0.1, 0.15) is 5.15 Å². The Labute approximate surface area is 123 Å². The Balaban J connectivity index is 1.71. The number of nitrogens with zero attached hydrogens (tertiary/aromatic N) is 2. The third kappa shape index (κ3) is 5.16. The molecule has 0 bridgehead atoms. The summed E-state index contributed by atoms with van der Waals surface area (Å²) in [5.41, 5.74) is 0. The van der Waals surface area contributed by atoms with Crippen molar-refractivity contribution in [2.45, 2.75) is 43.3 Å². The molecule has 106 valence electrons. The predicted octanol–water partition coefficient (Wildman–Crippen LogP) is 3.15. The number of aromatic nitrogens is 2. The first-order chi connectivity index (χ1) is 9.28. The van der Waals surface area contributed by atoms with Crippen LogP contribution in [0.3, 0.4) is 0 Å². The summed E-state index contributed by atoms with van der Waals surface area (Å²) in [7, 11) is 0. The minimum Gasteiger partial charge on any atom is -0.478 e. The number of piperidine rings is 1. The molecule has 0 unspecified atom stereocenters. The van der Waals surface area contributed by atoms with E-state index in [2.05, 4.69) is 15.3 Å². The number of hydrogen-bond donors (Lipinski definition) is 1. The zero-order valence-corrected chi connectivity index (χ0v) is 12.8. The minimum absolute atomic E-state index is 0.434. The maximum absolute atomic E-state index is 5.91. The highest BCUT2D eigenvalue weighted by molar-refractivity contribution is 7.98. The summed E-state index contributed by atoms with van der Waals surface area (Å²) in [4.78, 5) is 8.35. The first-order valence-electron chi connectivity index (χ1n) is 6.72. The maximum atomic E-state index is 5.91. The molecule has 2 heterocycles. The molecule has 1 aromatic heterocycles. The van der Waals surface area contributed by atoms with Gasteiger partial charge in [0.2, 0.25) is 5.88 Å². The molecule has 0 saturated carbocycles. The first kappa shape index (κ1) is 14.9. The highest BCUT2D eigenvalue weighted by Gasteiger charge is 2.11. The van der Waals surface area contributed by atoms with E-state index in [1.165, 1.54) is 31.0 Å². The molecule has 1 atom stereocenters. The van der Waals surface area contributed by atoms with Crippen molar-refractivity contribution < 1.29 is 4.74 Å². The fourth-order valence-corrected chi connectivity index (χ4v) is 2.81. The summed E-state index contributed by atoms with van der Waals surface area (Å²) >= 11 is 7.37. The Morgan fingerprint density at radius 2 is 2.37 bits per heavy atom. The fourth-order valence-electron chi connectivity index (χ4n) is 2.22. The van der Waals surface area contributed by atoms with E-state index in [0.717, 1.165) is 19.4 Å². The lowest BCUT2D eigenvalue weighted by Gasteiger charge is -2.23. The average molecular weight is 302 g/mol. The molecule has 0 radical (unpaired) electrons. The zero-order chi connectivity index (χ0) is 13.5. The van der Waals surface area contributed by atoms with Crippen LogP contribution in [0.5, 0.6) is 5.88 Å². The number of nitrogens with one attached hydrogen (secondary N) is 1. The Kier molecular flexibility index (Phi) is 6.20. The molecule has 0 spiro atoms. The van der Waals surface area contributed by atoms with Gasteiger partial charge in [0.25, 0.3) is 0 Å². The van der Waals surface area contributed by atoms with Crippen molar-refractivity contribution in [3.8, 4) is 5.88 Å². The topological polar surface area (TPSA) is 47.0 Å². The fraction of sp³-hybridized carbons (Fsp3) is 0.692. The van der Waals surface area contributed by atoms with Crippen molar-refractivity contribution in [3.05, 3.63) is 11.2 Å². The second-order valence-corrected chi connectivity index (χ2v) is 5.81. The van der Waals surface area contributed by atoms with Crippen LogP contribution in [0.1, 0.15) is 32.1 Å². The molecule has 0 aromatic carbocycles. The van der Waals surface area contributed by atoms with Crippen molar-refractivity contribution in [1.82, 2.24) is 15.3 Å². The molecule has 1 aliphatic heterocycles. The predicted molar refractivity (Wildman–Crippen MR) is 79.2 cm³/mol. The number of rotatable bonds is 6. The quantitative estimate of drug-likeness (QED) is 0.378. The molecule has 1 aliphatic rings. The van der Waals surface area contributed by atoms with Crippen molar-refractivity contribution >= 4 is 23.4 Å². The molecule has 2 rings (SSSR count). The van der Waals surface area contributed by atoms with Gasteiger partial charge in [-0.25, -0.2) is 4.98 Å². The standard InChI is InChI=1S/C13H20ClN3OS/c1-19-13-16-11(14)9-12(17-13)18-8-4-6-10-5-2-3-7-15-10/h9-10,15H,2-8H2,1H3/t10-/m0/s1. The van der Waals surface area contributed by atoms with Gasteiger partial charge < -0.3 is 10.1 Å². The number of ether oxygens (including phenoxy) is 1. The van der Waals surface area contributed by atoms with Gasteiger partial charge in [0.05, 0.1) is 6.61 Å². The number of thioether (sulfide) groups is 1. The molecular weight excluding hydrogens is 282 g/mol. The lowest BCUT2D eigenvalue weighted by atomic mass is 10.0. The van der Waals surface area contributed by atoms with Crippen LogP contribution in [-0.2, 0) is 0 Å². The van der Waals surface area contributed by atoms with Gasteiger partial charge in [0, 0.05) is 12.1 Å². The number of hydrogen-bond acceptors (Lipinski definition) is 5. The Hall–Kier alpha value is -0.520. The van der Waals surface area contributed by atoms with E-state index in [-0.39, 0.29) is 0 Å². The van der Waals surface area contributed by atoms with Crippen molar-refractivity contribution in [2.24, 2.45) is 0 Å². The van der Waals surface area contributed by atoms with E-state index in [1.54, 1.807) is 6.07 Å². The lowest BCUT2D eigenvalue weighted by molar-refractivity contribution is 0.274. The largest absolute Gasteiger partial charge is 0.478 e. The summed E-state index contributed by atoms with van der Waals surface area (Å²) < 4.78 is 5.64. The Morgan fingerprint density at radius 3 is 3.11 bits per heavy atom. The Bertz CT molecular complexity index is 399. The highest BCUT2D eigenvalue weighted by atomic mass is 35.5. The molecule has 19 heavy (non-hydrogen) atoms. The molecule has 1 N–H and O–H groups in total. The third-order valence-electron chi connectivity index (χ3n) is 3.19. The molecule has 1 fully saturated rings. The molecular formula is C13H20ClN3OS. The van der Waals surface area contributed by atoms with Crippen LogP contribution in [-0.4, -0.2) is 35.4 Å². The second kappa shape index (κ2) is 7.92. The van der Waals surface area contributed by atoms with E-state index in [0.29, 0.717) is 28.8 Å². The van der Waals surface area contributed by atoms with Crippen LogP contribution in [0.15, 0.2) is 11.2 Å². The van der Waals surface area contributed by atoms with E-state index < -0.39 is 0 Å². The van der Waals surface area contributed by atoms with Gasteiger partial charge in [-0.05, 0) is 38.5 Å².